The van der Waals surface area contributed by atoms with Crippen LogP contribution in [0.4, 0.5) is 5.82 Å². The topological polar surface area (TPSA) is 181 Å². The van der Waals surface area contributed by atoms with Crippen molar-refractivity contribution in [2.45, 2.75) is 31.4 Å². The van der Waals surface area contributed by atoms with Crippen LogP contribution < -0.4 is 15.7 Å². The fourth-order valence-corrected chi connectivity index (χ4v) is 3.83. The van der Waals surface area contributed by atoms with Crippen molar-refractivity contribution < 1.29 is 28.9 Å². The van der Waals surface area contributed by atoms with E-state index in [2.05, 4.69) is 24.6 Å². The lowest BCUT2D eigenvalue weighted by Crippen LogP contribution is -2.46. The molecule has 0 amide bonds. The highest BCUT2D eigenvalue weighted by Crippen LogP contribution is 2.38. The Kier molecular flexibility index (Phi) is 5.02. The predicted octanol–water partition coefficient (Wildman–Crippen LogP) is -1.88. The highest BCUT2D eigenvalue weighted by atomic mass is 31.2. The molecule has 2 aromatic heterocycles. The Hall–Kier alpha value is -1.66. The Morgan fingerprint density at radius 1 is 1.52 bits per heavy atom. The number of aliphatic hydroxyl groups is 2. The van der Waals surface area contributed by atoms with E-state index in [9.17, 15) is 19.7 Å². The number of rotatable bonds is 6. The minimum absolute atomic E-state index is 0.0625. The maximum atomic E-state index is 11.8. The molecular weight excluding hydrogens is 355 g/mol. The van der Waals surface area contributed by atoms with Crippen LogP contribution in [0.2, 0.25) is 0 Å². The van der Waals surface area contributed by atoms with Gasteiger partial charge in [0.25, 0.3) is 0 Å². The van der Waals surface area contributed by atoms with E-state index in [1.165, 1.54) is 24.1 Å². The molecule has 3 rings (SSSR count). The van der Waals surface area contributed by atoms with Gasteiger partial charge in [0.2, 0.25) is 7.75 Å². The summed E-state index contributed by atoms with van der Waals surface area (Å²) in [4.78, 5) is 23.8. The van der Waals surface area contributed by atoms with Crippen LogP contribution in [0.25, 0.3) is 11.2 Å². The van der Waals surface area contributed by atoms with Crippen molar-refractivity contribution in [3.8, 4) is 0 Å². The number of nitrogen functional groups attached to an aromatic ring is 1. The zero-order valence-electron chi connectivity index (χ0n) is 13.2. The summed E-state index contributed by atoms with van der Waals surface area (Å²) in [6, 6.07) is -1.11. The molecule has 1 aliphatic heterocycles. The molecule has 0 bridgehead atoms. The van der Waals surface area contributed by atoms with Crippen LogP contribution in [0.1, 0.15) is 13.2 Å². The second-order valence-electron chi connectivity index (χ2n) is 5.39. The number of fused-ring (bicyclic) bond motifs is 1. The summed E-state index contributed by atoms with van der Waals surface area (Å²) >= 11 is 0. The van der Waals surface area contributed by atoms with Gasteiger partial charge < -0.3 is 30.1 Å². The van der Waals surface area contributed by atoms with Crippen molar-refractivity contribution in [1.82, 2.24) is 24.6 Å². The molecule has 0 aromatic carbocycles. The minimum Gasteiger partial charge on any atom is -0.766 e. The molecule has 1 aliphatic rings. The van der Waals surface area contributed by atoms with E-state index in [1.54, 1.807) is 0 Å². The lowest BCUT2D eigenvalue weighted by Gasteiger charge is -2.30. The zero-order chi connectivity index (χ0) is 18.2. The van der Waals surface area contributed by atoms with Gasteiger partial charge in [-0.15, -0.1) is 0 Å². The van der Waals surface area contributed by atoms with Crippen LogP contribution in [-0.4, -0.2) is 61.2 Å². The van der Waals surface area contributed by atoms with Crippen LogP contribution in [0.15, 0.2) is 12.7 Å². The van der Waals surface area contributed by atoms with Gasteiger partial charge in [0.1, 0.15) is 24.1 Å². The Morgan fingerprint density at radius 2 is 2.28 bits per heavy atom. The summed E-state index contributed by atoms with van der Waals surface area (Å²) in [5, 5.41) is 22.2. The number of aromatic nitrogens is 4. The lowest BCUT2D eigenvalue weighted by atomic mass is 10.1. The molecular formula is C12H18N6O6P-. The molecule has 5 atom stereocenters. The Bertz CT molecular complexity index is 801. The fraction of sp³-hybridized carbons (Fsp3) is 0.583. The van der Waals surface area contributed by atoms with Crippen molar-refractivity contribution in [1.29, 1.82) is 0 Å². The van der Waals surface area contributed by atoms with Gasteiger partial charge in [-0.25, -0.2) is 20.0 Å². The van der Waals surface area contributed by atoms with Crippen LogP contribution in [0.3, 0.4) is 0 Å². The molecule has 13 heteroatoms. The zero-order valence-corrected chi connectivity index (χ0v) is 14.1. The molecule has 0 radical (unpaired) electrons. The van der Waals surface area contributed by atoms with Crippen LogP contribution in [0.5, 0.6) is 0 Å². The van der Waals surface area contributed by atoms with Gasteiger partial charge >= 0.3 is 0 Å². The van der Waals surface area contributed by atoms with Crippen LogP contribution in [0, 0.1) is 0 Å². The van der Waals surface area contributed by atoms with Gasteiger partial charge in [-0.05, 0) is 6.92 Å². The summed E-state index contributed by atoms with van der Waals surface area (Å²) in [7, 11) is -4.41. The Morgan fingerprint density at radius 3 is 2.96 bits per heavy atom. The predicted molar refractivity (Wildman–Crippen MR) is 82.9 cm³/mol. The quantitative estimate of drug-likeness (QED) is 0.416. The molecule has 0 saturated carbocycles. The molecule has 0 aliphatic carbocycles. The molecule has 138 valence electrons. The van der Waals surface area contributed by atoms with Gasteiger partial charge in [-0.1, -0.05) is 0 Å². The number of hydrogen-bond donors (Lipinski definition) is 4. The first-order chi connectivity index (χ1) is 11.9. The molecule has 1 fully saturated rings. The van der Waals surface area contributed by atoms with Crippen LogP contribution in [-0.2, 0) is 13.8 Å². The first-order valence-electron chi connectivity index (χ1n) is 7.48. The second kappa shape index (κ2) is 6.92. The van der Waals surface area contributed by atoms with Crippen LogP contribution >= 0.6 is 7.75 Å². The third-order valence-electron chi connectivity index (χ3n) is 3.82. The minimum atomic E-state index is -4.41. The van der Waals surface area contributed by atoms with Crippen molar-refractivity contribution in [3.05, 3.63) is 12.7 Å². The molecule has 1 saturated heterocycles. The van der Waals surface area contributed by atoms with Gasteiger partial charge in [0, 0.05) is 0 Å². The third-order valence-corrected chi connectivity index (χ3v) is 5.03. The lowest BCUT2D eigenvalue weighted by molar-refractivity contribution is -0.203. The maximum Gasteiger partial charge on any atom is 0.204 e. The first-order valence-corrected chi connectivity index (χ1v) is 9.03. The Labute approximate surface area is 142 Å². The molecule has 0 spiro atoms. The number of anilines is 1. The van der Waals surface area contributed by atoms with Gasteiger partial charge in [-0.3, -0.25) is 9.13 Å². The van der Waals surface area contributed by atoms with E-state index in [4.69, 9.17) is 10.5 Å². The van der Waals surface area contributed by atoms with Crippen molar-refractivity contribution in [2.24, 2.45) is 0 Å². The third kappa shape index (κ3) is 3.37. The number of nitrogens with one attached hydrogen (secondary N) is 1. The molecule has 12 nitrogen and oxygen atoms in total. The molecule has 25 heavy (non-hydrogen) atoms. The standard InChI is InChI=1S/C12H19N6O6P/c1-2-23-25(21,22)17-7-6(3-19)24-12(9(7)20)18-5-16-8-10(13)14-4-15-11(8)18/h4-7,9,12,19-20H,2-3H2,1H3,(H2,13,14,15)(H2,17,21,22)/p-1/t6-,7-,9-,12-/m1/s1. The summed E-state index contributed by atoms with van der Waals surface area (Å²) in [5.74, 6) is 0.157. The van der Waals surface area contributed by atoms with E-state index in [0.717, 1.165) is 0 Å². The summed E-state index contributed by atoms with van der Waals surface area (Å²) < 4.78 is 23.5. The molecule has 5 N–H and O–H groups in total. The number of nitrogens with zero attached hydrogens (tertiary/aromatic N) is 4. The van der Waals surface area contributed by atoms with Crippen molar-refractivity contribution >= 4 is 24.7 Å². The number of hydrogen-bond acceptors (Lipinski definition) is 10. The molecule has 1 unspecified atom stereocenters. The molecule has 2 aromatic rings. The van der Waals surface area contributed by atoms with Crippen molar-refractivity contribution in [3.63, 3.8) is 0 Å². The van der Waals surface area contributed by atoms with E-state index < -0.39 is 38.8 Å². The normalized spacial score (nSPS) is 29.1. The largest absolute Gasteiger partial charge is 0.766 e. The summed E-state index contributed by atoms with van der Waals surface area (Å²) in [6.07, 6.45) is -0.764. The van der Waals surface area contributed by atoms with Gasteiger partial charge in [-0.2, -0.15) is 0 Å². The maximum absolute atomic E-state index is 11.8. The second-order valence-corrected chi connectivity index (χ2v) is 6.90. The molecule has 3 heterocycles. The number of nitrogens with two attached hydrogens (primary N) is 1. The first kappa shape index (κ1) is 18.1. The smallest absolute Gasteiger partial charge is 0.204 e. The monoisotopic (exact) mass is 373 g/mol. The highest BCUT2D eigenvalue weighted by molar-refractivity contribution is 7.49. The van der Waals surface area contributed by atoms with E-state index in [1.807, 2.05) is 0 Å². The highest BCUT2D eigenvalue weighted by Gasteiger charge is 2.46. The van der Waals surface area contributed by atoms with E-state index >= 15 is 0 Å². The summed E-state index contributed by atoms with van der Waals surface area (Å²) in [6.45, 7) is 0.940. The average Bonchev–Trinajstić information content (AvgIpc) is 3.10. The van der Waals surface area contributed by atoms with E-state index in [0.29, 0.717) is 11.2 Å². The van der Waals surface area contributed by atoms with Gasteiger partial charge in [0.05, 0.1) is 25.6 Å². The van der Waals surface area contributed by atoms with Gasteiger partial charge in [0.15, 0.2) is 17.7 Å². The number of ether oxygens (including phenoxy) is 1. The Balaban J connectivity index is 1.91. The number of aliphatic hydroxyl groups excluding tert-OH is 2. The van der Waals surface area contributed by atoms with E-state index in [-0.39, 0.29) is 12.4 Å². The average molecular weight is 373 g/mol. The fourth-order valence-electron chi connectivity index (χ4n) is 2.73. The summed E-state index contributed by atoms with van der Waals surface area (Å²) in [5.41, 5.74) is 6.35. The van der Waals surface area contributed by atoms with Crippen molar-refractivity contribution in [2.75, 3.05) is 18.9 Å². The SMILES string of the molecule is CCOP(=O)([O-])N[C@H]1[C@@H](O)[C@H](n2cnc3c(N)ncnc32)O[C@@H]1CO. The number of imidazole rings is 1.